The van der Waals surface area contributed by atoms with Gasteiger partial charge in [0.25, 0.3) is 0 Å². The van der Waals surface area contributed by atoms with Gasteiger partial charge in [-0.2, -0.15) is 5.26 Å². The number of aliphatic hydroxyl groups is 1. The molecule has 1 saturated heterocycles. The summed E-state index contributed by atoms with van der Waals surface area (Å²) in [5.41, 5.74) is 0. The third-order valence-electron chi connectivity index (χ3n) is 2.79. The van der Waals surface area contributed by atoms with Crippen LogP contribution in [0.4, 0.5) is 0 Å². The molecule has 0 aromatic carbocycles. The van der Waals surface area contributed by atoms with Crippen LogP contribution in [0.2, 0.25) is 0 Å². The molecular formula is C11H18N2O2S. The van der Waals surface area contributed by atoms with Crippen LogP contribution < -0.4 is 0 Å². The molecule has 1 N–H and O–H groups in total. The van der Waals surface area contributed by atoms with Crippen molar-refractivity contribution in [2.75, 3.05) is 24.7 Å². The van der Waals surface area contributed by atoms with Gasteiger partial charge in [-0.15, -0.1) is 11.8 Å². The van der Waals surface area contributed by atoms with Gasteiger partial charge in [0.1, 0.15) is 0 Å². The van der Waals surface area contributed by atoms with Crippen molar-refractivity contribution in [2.24, 2.45) is 0 Å². The largest absolute Gasteiger partial charge is 0.396 e. The van der Waals surface area contributed by atoms with E-state index in [0.717, 1.165) is 32.2 Å². The minimum atomic E-state index is 0.140. The normalized spacial score (nSPS) is 19.8. The Morgan fingerprint density at radius 1 is 1.62 bits per heavy atom. The quantitative estimate of drug-likeness (QED) is 0.706. The number of hydrogen-bond donors (Lipinski definition) is 1. The number of thioether (sulfide) groups is 1. The molecule has 1 atom stereocenters. The number of carbonyl (C=O) groups excluding carboxylic acids is 1. The van der Waals surface area contributed by atoms with Crippen molar-refractivity contribution in [3.63, 3.8) is 0 Å². The highest BCUT2D eigenvalue weighted by molar-refractivity contribution is 8.00. The van der Waals surface area contributed by atoms with Crippen molar-refractivity contribution in [2.45, 2.75) is 31.7 Å². The summed E-state index contributed by atoms with van der Waals surface area (Å²) < 4.78 is 0. The lowest BCUT2D eigenvalue weighted by atomic mass is 10.1. The average Bonchev–Trinajstić information content (AvgIpc) is 2.74. The molecule has 1 aliphatic heterocycles. The number of hydrogen-bond acceptors (Lipinski definition) is 4. The first-order valence-corrected chi connectivity index (χ1v) is 6.80. The average molecular weight is 242 g/mol. The summed E-state index contributed by atoms with van der Waals surface area (Å²) in [5.74, 6) is 0.921. The Hall–Kier alpha value is -0.730. The Morgan fingerprint density at radius 2 is 2.44 bits per heavy atom. The Balaban J connectivity index is 2.32. The molecule has 90 valence electrons. The van der Waals surface area contributed by atoms with E-state index in [1.807, 2.05) is 11.0 Å². The zero-order valence-corrected chi connectivity index (χ0v) is 10.2. The standard InChI is InChI=1S/C11H18N2O2S/c12-5-8-16-9-11(15)13-6-1-3-10(13)4-2-7-14/h10,14H,1-4,6-9H2. The third-order valence-corrected chi connectivity index (χ3v) is 3.57. The van der Waals surface area contributed by atoms with E-state index < -0.39 is 0 Å². The first-order valence-electron chi connectivity index (χ1n) is 5.64. The first-order chi connectivity index (χ1) is 7.79. The van der Waals surface area contributed by atoms with Gasteiger partial charge < -0.3 is 10.0 Å². The van der Waals surface area contributed by atoms with E-state index >= 15 is 0 Å². The van der Waals surface area contributed by atoms with Crippen molar-refractivity contribution in [3.05, 3.63) is 0 Å². The van der Waals surface area contributed by atoms with Crippen molar-refractivity contribution in [1.82, 2.24) is 4.90 Å². The maximum absolute atomic E-state index is 11.8. The van der Waals surface area contributed by atoms with E-state index in [1.165, 1.54) is 11.8 Å². The maximum Gasteiger partial charge on any atom is 0.232 e. The van der Waals surface area contributed by atoms with Crippen LogP contribution in [0.25, 0.3) is 0 Å². The molecule has 0 radical (unpaired) electrons. The zero-order chi connectivity index (χ0) is 11.8. The van der Waals surface area contributed by atoms with Crippen LogP contribution in [0.3, 0.4) is 0 Å². The second-order valence-electron chi connectivity index (χ2n) is 3.90. The molecule has 1 fully saturated rings. The van der Waals surface area contributed by atoms with Gasteiger partial charge in [-0.05, 0) is 25.7 Å². The lowest BCUT2D eigenvalue weighted by Crippen LogP contribution is -2.36. The maximum atomic E-state index is 11.8. The predicted molar refractivity (Wildman–Crippen MR) is 64.0 cm³/mol. The highest BCUT2D eigenvalue weighted by Gasteiger charge is 2.27. The molecule has 0 spiro atoms. The van der Waals surface area contributed by atoms with Crippen LogP contribution in [-0.2, 0) is 4.79 Å². The Kier molecular flexibility index (Phi) is 6.27. The SMILES string of the molecule is N#CCSCC(=O)N1CCCC1CCCO. The van der Waals surface area contributed by atoms with Crippen LogP contribution >= 0.6 is 11.8 Å². The van der Waals surface area contributed by atoms with E-state index in [2.05, 4.69) is 0 Å². The van der Waals surface area contributed by atoms with Gasteiger partial charge >= 0.3 is 0 Å². The number of carbonyl (C=O) groups is 1. The second kappa shape index (κ2) is 7.53. The number of likely N-dealkylation sites (tertiary alicyclic amines) is 1. The molecular weight excluding hydrogens is 224 g/mol. The smallest absolute Gasteiger partial charge is 0.232 e. The van der Waals surface area contributed by atoms with Gasteiger partial charge in [0.15, 0.2) is 0 Å². The van der Waals surface area contributed by atoms with Gasteiger partial charge in [0.05, 0.1) is 17.6 Å². The molecule has 0 bridgehead atoms. The van der Waals surface area contributed by atoms with Crippen LogP contribution in [0, 0.1) is 11.3 Å². The Morgan fingerprint density at radius 3 is 3.12 bits per heavy atom. The fraction of sp³-hybridized carbons (Fsp3) is 0.818. The molecule has 1 unspecified atom stereocenters. The summed E-state index contributed by atoms with van der Waals surface area (Å²) in [6, 6.07) is 2.33. The van der Waals surface area contributed by atoms with Gasteiger partial charge in [-0.3, -0.25) is 4.79 Å². The molecule has 1 heterocycles. The van der Waals surface area contributed by atoms with Gasteiger partial charge in [-0.1, -0.05) is 0 Å². The molecule has 1 amide bonds. The van der Waals surface area contributed by atoms with Crippen molar-refractivity contribution >= 4 is 17.7 Å². The van der Waals surface area contributed by atoms with Crippen molar-refractivity contribution in [1.29, 1.82) is 5.26 Å². The number of nitrogens with zero attached hydrogens (tertiary/aromatic N) is 2. The minimum absolute atomic E-state index is 0.140. The zero-order valence-electron chi connectivity index (χ0n) is 9.39. The number of aliphatic hydroxyl groups excluding tert-OH is 1. The Labute approximate surface area is 101 Å². The van der Waals surface area contributed by atoms with Crippen LogP contribution in [-0.4, -0.2) is 46.6 Å². The summed E-state index contributed by atoms with van der Waals surface area (Å²) in [6.07, 6.45) is 3.77. The van der Waals surface area contributed by atoms with E-state index in [0.29, 0.717) is 17.5 Å². The lowest BCUT2D eigenvalue weighted by molar-refractivity contribution is -0.129. The molecule has 5 heteroatoms. The first kappa shape index (κ1) is 13.3. The van der Waals surface area contributed by atoms with Crippen LogP contribution in [0.15, 0.2) is 0 Å². The fourth-order valence-corrected chi connectivity index (χ4v) is 2.59. The number of rotatable bonds is 6. The number of nitriles is 1. The molecule has 16 heavy (non-hydrogen) atoms. The van der Waals surface area contributed by atoms with Gasteiger partial charge in [-0.25, -0.2) is 0 Å². The van der Waals surface area contributed by atoms with Crippen molar-refractivity contribution < 1.29 is 9.90 Å². The van der Waals surface area contributed by atoms with E-state index in [1.54, 1.807) is 0 Å². The van der Waals surface area contributed by atoms with Gasteiger partial charge in [0.2, 0.25) is 5.91 Å². The highest BCUT2D eigenvalue weighted by atomic mass is 32.2. The number of amides is 1. The summed E-state index contributed by atoms with van der Waals surface area (Å²) >= 11 is 1.37. The summed E-state index contributed by atoms with van der Waals surface area (Å²) in [4.78, 5) is 13.7. The van der Waals surface area contributed by atoms with E-state index in [9.17, 15) is 4.79 Å². The molecule has 4 nitrogen and oxygen atoms in total. The van der Waals surface area contributed by atoms with Crippen molar-refractivity contribution in [3.8, 4) is 6.07 Å². The third kappa shape index (κ3) is 4.03. The summed E-state index contributed by atoms with van der Waals surface area (Å²) in [6.45, 7) is 1.03. The fourth-order valence-electron chi connectivity index (χ4n) is 2.06. The van der Waals surface area contributed by atoms with E-state index in [-0.39, 0.29) is 12.5 Å². The van der Waals surface area contributed by atoms with Crippen LogP contribution in [0.1, 0.15) is 25.7 Å². The minimum Gasteiger partial charge on any atom is -0.396 e. The molecule has 0 aromatic rings. The molecule has 1 aliphatic rings. The highest BCUT2D eigenvalue weighted by Crippen LogP contribution is 2.22. The molecule has 0 aliphatic carbocycles. The lowest BCUT2D eigenvalue weighted by Gasteiger charge is -2.24. The van der Waals surface area contributed by atoms with Gasteiger partial charge in [0, 0.05) is 19.2 Å². The van der Waals surface area contributed by atoms with Crippen LogP contribution in [0.5, 0.6) is 0 Å². The van der Waals surface area contributed by atoms with E-state index in [4.69, 9.17) is 10.4 Å². The summed E-state index contributed by atoms with van der Waals surface area (Å²) in [7, 11) is 0. The second-order valence-corrected chi connectivity index (χ2v) is 4.89. The topological polar surface area (TPSA) is 64.3 Å². The predicted octanol–water partition coefficient (Wildman–Crippen LogP) is 1.01. The molecule has 0 saturated carbocycles. The molecule has 1 rings (SSSR count). The monoisotopic (exact) mass is 242 g/mol. The Bertz CT molecular complexity index is 265. The molecule has 0 aromatic heterocycles. The summed E-state index contributed by atoms with van der Waals surface area (Å²) in [5, 5.41) is 17.2.